The molecule has 2 N–H and O–H groups in total. The molecule has 0 saturated heterocycles. The Kier molecular flexibility index (Phi) is 3.06. The lowest BCUT2D eigenvalue weighted by molar-refractivity contribution is 0.754. The molecule has 0 aliphatic heterocycles. The molecule has 5 heteroatoms. The van der Waals surface area contributed by atoms with Gasteiger partial charge in [-0.05, 0) is 37.6 Å². The summed E-state index contributed by atoms with van der Waals surface area (Å²) in [6.45, 7) is 4.47. The molecule has 3 rings (SSSR count). The lowest BCUT2D eigenvalue weighted by Crippen LogP contribution is -2.15. The number of hydrogen-bond donors (Lipinski definition) is 1. The summed E-state index contributed by atoms with van der Waals surface area (Å²) in [5, 5.41) is 0.933. The molecule has 0 aliphatic rings. The van der Waals surface area contributed by atoms with Gasteiger partial charge in [-0.15, -0.1) is 0 Å². The van der Waals surface area contributed by atoms with Crippen LogP contribution in [0.3, 0.4) is 0 Å². The third-order valence-electron chi connectivity index (χ3n) is 3.59. The van der Waals surface area contributed by atoms with Gasteiger partial charge in [0.25, 0.3) is 0 Å². The third kappa shape index (κ3) is 2.00. The van der Waals surface area contributed by atoms with Crippen LogP contribution >= 0.6 is 11.3 Å². The minimum atomic E-state index is 0.0703. The molecular formula is C15H15N3OS. The molecule has 3 aromatic rings. The summed E-state index contributed by atoms with van der Waals surface area (Å²) in [7, 11) is 0. The molecule has 2 aromatic heterocycles. The van der Waals surface area contributed by atoms with Crippen LogP contribution in [0, 0.1) is 13.8 Å². The fourth-order valence-corrected chi connectivity index (χ4v) is 3.15. The normalized spacial score (nSPS) is 11.1. The predicted octanol–water partition coefficient (Wildman–Crippen LogP) is 2.71. The molecule has 0 amide bonds. The number of aromatic nitrogens is 2. The van der Waals surface area contributed by atoms with Crippen LogP contribution in [0.1, 0.15) is 16.1 Å². The van der Waals surface area contributed by atoms with Gasteiger partial charge in [-0.25, -0.2) is 0 Å². The number of nitrogens with zero attached hydrogens (tertiary/aromatic N) is 2. The number of anilines is 1. The van der Waals surface area contributed by atoms with Gasteiger partial charge in [0.15, 0.2) is 0 Å². The van der Waals surface area contributed by atoms with Crippen molar-refractivity contribution in [2.75, 3.05) is 5.73 Å². The van der Waals surface area contributed by atoms with Crippen LogP contribution in [0.5, 0.6) is 0 Å². The first-order valence-corrected chi connectivity index (χ1v) is 7.18. The first-order valence-electron chi connectivity index (χ1n) is 6.37. The minimum absolute atomic E-state index is 0.0703. The van der Waals surface area contributed by atoms with Crippen molar-refractivity contribution in [3.05, 3.63) is 56.3 Å². The van der Waals surface area contributed by atoms with E-state index in [4.69, 9.17) is 5.73 Å². The summed E-state index contributed by atoms with van der Waals surface area (Å²) in [6.07, 6.45) is 1.75. The Morgan fingerprint density at radius 1 is 1.30 bits per heavy atom. The van der Waals surface area contributed by atoms with Crippen molar-refractivity contribution in [3.8, 4) is 0 Å². The SMILES string of the molecule is Cc1sc(=O)n(Cc2ccc(N)c3cccnc23)c1C. The summed E-state index contributed by atoms with van der Waals surface area (Å²) in [6, 6.07) is 7.65. The lowest BCUT2D eigenvalue weighted by atomic mass is 10.1. The fourth-order valence-electron chi connectivity index (χ4n) is 2.32. The largest absolute Gasteiger partial charge is 0.398 e. The highest BCUT2D eigenvalue weighted by atomic mass is 32.1. The van der Waals surface area contributed by atoms with Gasteiger partial charge in [0.1, 0.15) is 0 Å². The zero-order chi connectivity index (χ0) is 14.3. The Hall–Kier alpha value is -2.14. The zero-order valence-corrected chi connectivity index (χ0v) is 12.2. The maximum atomic E-state index is 12.0. The van der Waals surface area contributed by atoms with E-state index in [1.165, 1.54) is 11.3 Å². The minimum Gasteiger partial charge on any atom is -0.398 e. The average Bonchev–Trinajstić information content (AvgIpc) is 2.68. The molecule has 0 radical (unpaired) electrons. The summed E-state index contributed by atoms with van der Waals surface area (Å²) in [5.41, 5.74) is 9.58. The summed E-state index contributed by atoms with van der Waals surface area (Å²) in [5.74, 6) is 0. The number of nitrogens with two attached hydrogens (primary N) is 1. The molecule has 0 bridgehead atoms. The number of rotatable bonds is 2. The van der Waals surface area contributed by atoms with Crippen molar-refractivity contribution in [2.45, 2.75) is 20.4 Å². The molecule has 0 spiro atoms. The van der Waals surface area contributed by atoms with E-state index in [-0.39, 0.29) is 4.87 Å². The van der Waals surface area contributed by atoms with Crippen LogP contribution in [-0.2, 0) is 6.54 Å². The van der Waals surface area contributed by atoms with Gasteiger partial charge in [-0.1, -0.05) is 17.4 Å². The summed E-state index contributed by atoms with van der Waals surface area (Å²) >= 11 is 1.29. The average molecular weight is 285 g/mol. The summed E-state index contributed by atoms with van der Waals surface area (Å²) in [4.78, 5) is 17.5. The van der Waals surface area contributed by atoms with Gasteiger partial charge in [-0.2, -0.15) is 0 Å². The summed E-state index contributed by atoms with van der Waals surface area (Å²) < 4.78 is 1.79. The van der Waals surface area contributed by atoms with Gasteiger partial charge in [-0.3, -0.25) is 14.3 Å². The molecule has 0 saturated carbocycles. The Morgan fingerprint density at radius 3 is 2.80 bits per heavy atom. The van der Waals surface area contributed by atoms with Gasteiger partial charge >= 0.3 is 4.87 Å². The Morgan fingerprint density at radius 2 is 2.10 bits per heavy atom. The second-order valence-corrected chi connectivity index (χ2v) is 5.97. The fraction of sp³-hybridized carbons (Fsp3) is 0.200. The first kappa shape index (κ1) is 12.9. The van der Waals surface area contributed by atoms with Crippen molar-refractivity contribution in [3.63, 3.8) is 0 Å². The monoisotopic (exact) mass is 285 g/mol. The molecule has 4 nitrogen and oxygen atoms in total. The molecule has 0 fully saturated rings. The smallest absolute Gasteiger partial charge is 0.307 e. The topological polar surface area (TPSA) is 60.9 Å². The second kappa shape index (κ2) is 4.76. The highest BCUT2D eigenvalue weighted by Gasteiger charge is 2.11. The number of fused-ring (bicyclic) bond motifs is 1. The Labute approximate surface area is 120 Å². The molecule has 0 aliphatic carbocycles. The molecule has 2 heterocycles. The van der Waals surface area contributed by atoms with Crippen molar-refractivity contribution >= 4 is 27.9 Å². The van der Waals surface area contributed by atoms with Crippen molar-refractivity contribution < 1.29 is 0 Å². The van der Waals surface area contributed by atoms with E-state index >= 15 is 0 Å². The van der Waals surface area contributed by atoms with Gasteiger partial charge < -0.3 is 5.73 Å². The van der Waals surface area contributed by atoms with Gasteiger partial charge in [0.2, 0.25) is 0 Å². The molecule has 102 valence electrons. The maximum absolute atomic E-state index is 12.0. The predicted molar refractivity (Wildman–Crippen MR) is 83.3 cm³/mol. The number of aryl methyl sites for hydroxylation is 1. The van der Waals surface area contributed by atoms with Crippen LogP contribution < -0.4 is 10.6 Å². The molecule has 20 heavy (non-hydrogen) atoms. The highest BCUT2D eigenvalue weighted by molar-refractivity contribution is 7.09. The van der Waals surface area contributed by atoms with E-state index < -0.39 is 0 Å². The molecule has 0 unspecified atom stereocenters. The zero-order valence-electron chi connectivity index (χ0n) is 11.4. The maximum Gasteiger partial charge on any atom is 0.307 e. The quantitative estimate of drug-likeness (QED) is 0.736. The lowest BCUT2D eigenvalue weighted by Gasteiger charge is -2.09. The number of hydrogen-bond acceptors (Lipinski definition) is 4. The molecule has 1 aromatic carbocycles. The van der Waals surface area contributed by atoms with E-state index in [1.54, 1.807) is 10.8 Å². The van der Waals surface area contributed by atoms with Crippen LogP contribution in [0.2, 0.25) is 0 Å². The van der Waals surface area contributed by atoms with E-state index in [0.29, 0.717) is 12.2 Å². The van der Waals surface area contributed by atoms with E-state index in [9.17, 15) is 4.79 Å². The first-order chi connectivity index (χ1) is 9.58. The Bertz CT molecular complexity index is 848. The highest BCUT2D eigenvalue weighted by Crippen LogP contribution is 2.23. The number of nitrogen functional groups attached to an aromatic ring is 1. The van der Waals surface area contributed by atoms with Gasteiger partial charge in [0.05, 0.1) is 12.1 Å². The number of pyridine rings is 1. The Balaban J connectivity index is 2.17. The van der Waals surface area contributed by atoms with Gasteiger partial charge in [0, 0.05) is 27.8 Å². The van der Waals surface area contributed by atoms with Crippen LogP contribution in [-0.4, -0.2) is 9.55 Å². The number of thiazole rings is 1. The van der Waals surface area contributed by atoms with E-state index in [2.05, 4.69) is 4.98 Å². The number of benzene rings is 1. The standard InChI is InChI=1S/C15H15N3OS/c1-9-10(2)20-15(19)18(9)8-11-5-6-13(16)12-4-3-7-17-14(11)12/h3-7H,8,16H2,1-2H3. The van der Waals surface area contributed by atoms with Crippen molar-refractivity contribution in [1.29, 1.82) is 0 Å². The third-order valence-corrected chi connectivity index (χ3v) is 4.59. The van der Waals surface area contributed by atoms with E-state index in [1.807, 2.05) is 38.1 Å². The van der Waals surface area contributed by atoms with Crippen molar-refractivity contribution in [2.24, 2.45) is 0 Å². The van der Waals surface area contributed by atoms with Crippen LogP contribution in [0.15, 0.2) is 35.3 Å². The molecular weight excluding hydrogens is 270 g/mol. The van der Waals surface area contributed by atoms with E-state index in [0.717, 1.165) is 27.0 Å². The van der Waals surface area contributed by atoms with Crippen LogP contribution in [0.4, 0.5) is 5.69 Å². The van der Waals surface area contributed by atoms with Crippen molar-refractivity contribution in [1.82, 2.24) is 9.55 Å². The van der Waals surface area contributed by atoms with Crippen LogP contribution in [0.25, 0.3) is 10.9 Å². The second-order valence-electron chi connectivity index (χ2n) is 4.81. The molecule has 0 atom stereocenters.